The van der Waals surface area contributed by atoms with E-state index in [2.05, 4.69) is 27.7 Å². The van der Waals surface area contributed by atoms with Gasteiger partial charge in [0.2, 0.25) is 0 Å². The molecule has 4 fully saturated rings. The highest BCUT2D eigenvalue weighted by atomic mass is 16.5. The average molecular weight is 319 g/mol. The maximum Gasteiger partial charge on any atom is 0.309 e. The van der Waals surface area contributed by atoms with Gasteiger partial charge in [0.25, 0.3) is 0 Å². The standard InChI is InChI=1S/C21H34O2/c1-19(2)10-5-11-21(4)16(19)8-12-20(3)15-9-13-23-18(22)14(15)6-7-17(20)21/h14-17H,5-13H2,1-4H3/t14-,15+,16-,17-,20-,21-/m0/s1. The molecule has 0 radical (unpaired) electrons. The molecule has 1 aliphatic heterocycles. The fourth-order valence-corrected chi connectivity index (χ4v) is 8.00. The van der Waals surface area contributed by atoms with E-state index < -0.39 is 0 Å². The monoisotopic (exact) mass is 318 g/mol. The Labute approximate surface area is 141 Å². The lowest BCUT2D eigenvalue weighted by Crippen LogP contribution is -2.60. The van der Waals surface area contributed by atoms with Crippen molar-refractivity contribution in [3.63, 3.8) is 0 Å². The Kier molecular flexibility index (Phi) is 3.46. The van der Waals surface area contributed by atoms with Gasteiger partial charge in [0.15, 0.2) is 0 Å². The van der Waals surface area contributed by atoms with Gasteiger partial charge in [0, 0.05) is 0 Å². The van der Waals surface area contributed by atoms with Gasteiger partial charge in [-0.3, -0.25) is 4.79 Å². The summed E-state index contributed by atoms with van der Waals surface area (Å²) in [7, 11) is 0. The largest absolute Gasteiger partial charge is 0.465 e. The summed E-state index contributed by atoms with van der Waals surface area (Å²) in [6.07, 6.45) is 10.3. The Morgan fingerprint density at radius 2 is 1.65 bits per heavy atom. The van der Waals surface area contributed by atoms with Crippen LogP contribution in [0.1, 0.15) is 79.1 Å². The van der Waals surface area contributed by atoms with Crippen molar-refractivity contribution in [2.24, 2.45) is 39.9 Å². The second-order valence-electron chi connectivity index (χ2n) is 10.2. The van der Waals surface area contributed by atoms with Gasteiger partial charge >= 0.3 is 5.97 Å². The normalized spacial score (nSPS) is 51.9. The second kappa shape index (κ2) is 4.99. The lowest BCUT2D eigenvalue weighted by Gasteiger charge is -2.66. The van der Waals surface area contributed by atoms with Crippen LogP contribution in [-0.4, -0.2) is 12.6 Å². The Hall–Kier alpha value is -0.530. The molecular weight excluding hydrogens is 284 g/mol. The van der Waals surface area contributed by atoms with E-state index in [4.69, 9.17) is 4.74 Å². The molecule has 1 heterocycles. The van der Waals surface area contributed by atoms with Crippen molar-refractivity contribution in [2.45, 2.75) is 79.1 Å². The van der Waals surface area contributed by atoms with Crippen LogP contribution in [0.2, 0.25) is 0 Å². The van der Waals surface area contributed by atoms with E-state index in [0.717, 1.165) is 24.7 Å². The SMILES string of the molecule is CC1(C)CCC[C@]2(C)[C@H]3CC[C@@H]4C(=O)OCC[C@H]4[C@]3(C)CC[C@@H]12. The number of rotatable bonds is 0. The highest BCUT2D eigenvalue weighted by molar-refractivity contribution is 5.73. The first-order valence-corrected chi connectivity index (χ1v) is 9.96. The van der Waals surface area contributed by atoms with Gasteiger partial charge in [0.05, 0.1) is 12.5 Å². The van der Waals surface area contributed by atoms with Gasteiger partial charge < -0.3 is 4.74 Å². The first-order valence-electron chi connectivity index (χ1n) is 9.96. The van der Waals surface area contributed by atoms with E-state index in [1.165, 1.54) is 38.5 Å². The molecule has 4 rings (SSSR count). The molecule has 0 N–H and O–H groups in total. The van der Waals surface area contributed by atoms with Gasteiger partial charge in [-0.25, -0.2) is 0 Å². The van der Waals surface area contributed by atoms with Crippen LogP contribution >= 0.6 is 0 Å². The van der Waals surface area contributed by atoms with Crippen molar-refractivity contribution < 1.29 is 9.53 Å². The van der Waals surface area contributed by atoms with Crippen LogP contribution in [0.4, 0.5) is 0 Å². The van der Waals surface area contributed by atoms with Gasteiger partial charge in [0.1, 0.15) is 0 Å². The van der Waals surface area contributed by atoms with Crippen LogP contribution < -0.4 is 0 Å². The number of ether oxygens (including phenoxy) is 1. The molecule has 0 amide bonds. The topological polar surface area (TPSA) is 26.3 Å². The summed E-state index contributed by atoms with van der Waals surface area (Å²) in [5.74, 6) is 2.55. The third-order valence-electron chi connectivity index (χ3n) is 8.91. The van der Waals surface area contributed by atoms with Gasteiger partial charge in [-0.2, -0.15) is 0 Å². The maximum atomic E-state index is 12.3. The zero-order valence-electron chi connectivity index (χ0n) is 15.5. The number of hydrogen-bond donors (Lipinski definition) is 0. The zero-order chi connectivity index (χ0) is 16.5. The van der Waals surface area contributed by atoms with Crippen molar-refractivity contribution in [3.8, 4) is 0 Å². The van der Waals surface area contributed by atoms with Crippen LogP contribution in [0.25, 0.3) is 0 Å². The number of fused-ring (bicyclic) bond motifs is 5. The molecule has 23 heavy (non-hydrogen) atoms. The molecule has 6 atom stereocenters. The third-order valence-corrected chi connectivity index (χ3v) is 8.91. The molecule has 1 saturated heterocycles. The Morgan fingerprint density at radius 1 is 0.870 bits per heavy atom. The Morgan fingerprint density at radius 3 is 2.43 bits per heavy atom. The van der Waals surface area contributed by atoms with E-state index in [9.17, 15) is 4.79 Å². The minimum absolute atomic E-state index is 0.108. The van der Waals surface area contributed by atoms with E-state index in [-0.39, 0.29) is 11.9 Å². The zero-order valence-corrected chi connectivity index (χ0v) is 15.5. The van der Waals surface area contributed by atoms with E-state index in [1.807, 2.05) is 0 Å². The fourth-order valence-electron chi connectivity index (χ4n) is 8.00. The van der Waals surface area contributed by atoms with E-state index >= 15 is 0 Å². The molecule has 0 aromatic heterocycles. The van der Waals surface area contributed by atoms with Crippen molar-refractivity contribution in [1.82, 2.24) is 0 Å². The third kappa shape index (κ3) is 2.09. The average Bonchev–Trinajstić information content (AvgIpc) is 2.46. The first kappa shape index (κ1) is 16.0. The van der Waals surface area contributed by atoms with Gasteiger partial charge in [-0.1, -0.05) is 34.1 Å². The minimum Gasteiger partial charge on any atom is -0.465 e. The molecule has 0 aromatic carbocycles. The van der Waals surface area contributed by atoms with Crippen molar-refractivity contribution in [2.75, 3.05) is 6.61 Å². The smallest absolute Gasteiger partial charge is 0.309 e. The first-order chi connectivity index (χ1) is 10.8. The predicted molar refractivity (Wildman–Crippen MR) is 91.9 cm³/mol. The Balaban J connectivity index is 1.71. The van der Waals surface area contributed by atoms with Crippen molar-refractivity contribution in [3.05, 3.63) is 0 Å². The highest BCUT2D eigenvalue weighted by Crippen LogP contribution is 2.69. The summed E-state index contributed by atoms with van der Waals surface area (Å²) in [6, 6.07) is 0. The number of carbonyl (C=O) groups is 1. The molecule has 130 valence electrons. The van der Waals surface area contributed by atoms with Crippen LogP contribution in [0.5, 0.6) is 0 Å². The van der Waals surface area contributed by atoms with Gasteiger partial charge in [-0.15, -0.1) is 0 Å². The molecule has 0 spiro atoms. The number of cyclic esters (lactones) is 1. The summed E-state index contributed by atoms with van der Waals surface area (Å²) in [6.45, 7) is 10.8. The minimum atomic E-state index is 0.108. The van der Waals surface area contributed by atoms with E-state index in [0.29, 0.717) is 28.8 Å². The highest BCUT2D eigenvalue weighted by Gasteiger charge is 2.63. The molecule has 3 saturated carbocycles. The second-order valence-corrected chi connectivity index (χ2v) is 10.2. The molecule has 2 heteroatoms. The molecule has 0 aromatic rings. The van der Waals surface area contributed by atoms with Crippen LogP contribution in [0.3, 0.4) is 0 Å². The van der Waals surface area contributed by atoms with Crippen LogP contribution in [0.15, 0.2) is 0 Å². The summed E-state index contributed by atoms with van der Waals surface area (Å²) in [5, 5.41) is 0. The molecule has 0 unspecified atom stereocenters. The number of esters is 1. The van der Waals surface area contributed by atoms with Gasteiger partial charge in [-0.05, 0) is 78.9 Å². The fraction of sp³-hybridized carbons (Fsp3) is 0.952. The Bertz CT molecular complexity index is 510. The summed E-state index contributed by atoms with van der Waals surface area (Å²) < 4.78 is 5.40. The van der Waals surface area contributed by atoms with Crippen LogP contribution in [0, 0.1) is 39.9 Å². The molecule has 2 nitrogen and oxygen atoms in total. The summed E-state index contributed by atoms with van der Waals surface area (Å²) in [4.78, 5) is 12.3. The van der Waals surface area contributed by atoms with Crippen LogP contribution in [-0.2, 0) is 9.53 Å². The quantitative estimate of drug-likeness (QED) is 0.573. The van der Waals surface area contributed by atoms with Crippen molar-refractivity contribution >= 4 is 5.97 Å². The molecule has 0 bridgehead atoms. The van der Waals surface area contributed by atoms with Crippen molar-refractivity contribution in [1.29, 1.82) is 0 Å². The lowest BCUT2D eigenvalue weighted by atomic mass is 9.38. The number of hydrogen-bond acceptors (Lipinski definition) is 2. The molecule has 3 aliphatic carbocycles. The predicted octanol–water partition coefficient (Wildman–Crippen LogP) is 5.21. The maximum absolute atomic E-state index is 12.3. The lowest BCUT2D eigenvalue weighted by molar-refractivity contribution is -0.199. The molecular formula is C21H34O2. The molecule has 4 aliphatic rings. The summed E-state index contributed by atoms with van der Waals surface area (Å²) in [5.41, 5.74) is 1.35. The summed E-state index contributed by atoms with van der Waals surface area (Å²) >= 11 is 0. The van der Waals surface area contributed by atoms with E-state index in [1.54, 1.807) is 0 Å². The number of carbonyl (C=O) groups excluding carboxylic acids is 1.